The first-order valence-corrected chi connectivity index (χ1v) is 43.6. The summed E-state index contributed by atoms with van der Waals surface area (Å²) in [6.07, 6.45) is 47.3. The smallest absolute Gasteiger partial charge is 0.143 e. The molecule has 0 fully saturated rings. The molecule has 4 aliphatic heterocycles. The van der Waals surface area contributed by atoms with Gasteiger partial charge in [-0.15, -0.1) is 58.3 Å². The molecule has 0 saturated carbocycles. The van der Waals surface area contributed by atoms with E-state index >= 15 is 0 Å². The van der Waals surface area contributed by atoms with Gasteiger partial charge in [-0.25, -0.2) is 29.9 Å². The van der Waals surface area contributed by atoms with Crippen LogP contribution in [0.2, 0.25) is 0 Å². The van der Waals surface area contributed by atoms with Crippen molar-refractivity contribution in [3.8, 4) is 44.5 Å². The van der Waals surface area contributed by atoms with Gasteiger partial charge in [-0.2, -0.15) is 135 Å². The number of pyridine rings is 10. The number of nitrogens with zero attached hydrogens (tertiary/aromatic N) is 30. The number of rotatable bonds is 12. The Hall–Kier alpha value is -15.5. The molecule has 20 heterocycles. The van der Waals surface area contributed by atoms with Gasteiger partial charge in [0.25, 0.3) is 0 Å². The monoisotopic (exact) mass is 2540 g/mol. The van der Waals surface area contributed by atoms with Crippen LogP contribution >= 0.6 is 0 Å². The number of aromatic nitrogens is 22. The minimum absolute atomic E-state index is 0. The van der Waals surface area contributed by atoms with Crippen molar-refractivity contribution < 1.29 is 84.3 Å². The Morgan fingerprint density at radius 3 is 0.686 bits per heavy atom. The van der Waals surface area contributed by atoms with Gasteiger partial charge in [-0.3, -0.25) is 39.9 Å². The maximum atomic E-state index is 4.62. The van der Waals surface area contributed by atoms with Crippen molar-refractivity contribution in [1.82, 2.24) is 111 Å². The van der Waals surface area contributed by atoms with Gasteiger partial charge in [-0.05, 0) is 190 Å². The molecule has 16 aromatic heterocycles. The molecule has 696 valence electrons. The molecule has 0 spiro atoms. The molecule has 28 rings (SSSR count). The van der Waals surface area contributed by atoms with E-state index in [1.165, 1.54) is 0 Å². The molecule has 0 radical (unpaired) electrons. The van der Waals surface area contributed by atoms with Crippen LogP contribution < -0.4 is 59.6 Å². The minimum atomic E-state index is -0.740. The maximum absolute atomic E-state index is 4.62. The summed E-state index contributed by atoms with van der Waals surface area (Å²) < 4.78 is 0. The van der Waals surface area contributed by atoms with E-state index in [-0.39, 0.29) is 84.3 Å². The van der Waals surface area contributed by atoms with Crippen molar-refractivity contribution in [2.45, 2.75) is 21.7 Å². The van der Waals surface area contributed by atoms with E-state index in [9.17, 15) is 0 Å². The van der Waals surface area contributed by atoms with Gasteiger partial charge in [0, 0.05) is 255 Å². The van der Waals surface area contributed by atoms with Gasteiger partial charge in [0.15, 0.2) is 0 Å². The average Bonchev–Trinajstić information content (AvgIpc) is 1.55. The Kier molecular flexibility index (Phi) is 23.9. The van der Waals surface area contributed by atoms with E-state index in [1.807, 2.05) is 283 Å². The first-order chi connectivity index (χ1) is 67.1. The Labute approximate surface area is 861 Å². The fourth-order valence-corrected chi connectivity index (χ4v) is 20.9. The minimum Gasteiger partial charge on any atom is -0.581 e. The summed E-state index contributed by atoms with van der Waals surface area (Å²) in [5, 5.41) is 34.9. The van der Waals surface area contributed by atoms with Crippen molar-refractivity contribution in [3.05, 3.63) is 471 Å². The number of hydrogen-bond acceptors (Lipinski definition) is 26. The van der Waals surface area contributed by atoms with Crippen molar-refractivity contribution in [2.75, 3.05) is 67.4 Å². The van der Waals surface area contributed by atoms with E-state index in [0.717, 1.165) is 203 Å². The van der Waals surface area contributed by atoms with E-state index in [1.54, 1.807) is 49.6 Å². The van der Waals surface area contributed by atoms with Gasteiger partial charge in [0.05, 0.1) is 21.7 Å². The summed E-state index contributed by atoms with van der Waals surface area (Å²) in [5.41, 5.74) is 26.9. The Morgan fingerprint density at radius 2 is 0.450 bits per heavy atom. The molecule has 34 heteroatoms. The number of fused-ring (bicyclic) bond motifs is 16. The number of hydrogen-bond donors (Lipinski definition) is 0. The first kappa shape index (κ1) is 91.0. The zero-order valence-corrected chi connectivity index (χ0v) is 83.3. The van der Waals surface area contributed by atoms with Gasteiger partial charge >= 0.3 is 0 Å². The molecule has 0 atom stereocenters. The molecule has 0 unspecified atom stereocenters. The van der Waals surface area contributed by atoms with E-state index < -0.39 is 21.7 Å². The van der Waals surface area contributed by atoms with Gasteiger partial charge in [0.2, 0.25) is 0 Å². The van der Waals surface area contributed by atoms with Crippen LogP contribution in [-0.4, -0.2) is 118 Å². The van der Waals surface area contributed by atoms with Crippen molar-refractivity contribution in [3.63, 3.8) is 0 Å². The third-order valence-corrected chi connectivity index (χ3v) is 26.5. The van der Waals surface area contributed by atoms with Crippen LogP contribution in [0.5, 0.6) is 0 Å². The molecular weight excluding hydrogens is 2470 g/mol. The van der Waals surface area contributed by atoms with Gasteiger partial charge in [0.1, 0.15) is 34.9 Å². The maximum Gasteiger partial charge on any atom is 0.143 e. The molecule has 0 saturated heterocycles. The number of anilines is 12. The summed E-state index contributed by atoms with van der Waals surface area (Å²) >= 11 is 0. The molecule has 8 aliphatic rings. The third kappa shape index (κ3) is 13.9. The normalized spacial score (nSPS) is 14.8. The number of benzene rings is 4. The Morgan fingerprint density at radius 1 is 0.229 bits per heavy atom. The summed E-state index contributed by atoms with van der Waals surface area (Å²) in [5.74, 6) is 4.85. The molecule has 30 nitrogen and oxygen atoms in total. The SMILES string of the molecule is CN1[CH-]N(c2[c-]c(C3(c4cc[n-]n4)c4cnccc4-c4ccncc43)ccc2)c2ncccc21.CN1[CH-]N(c2[c-]c(C3(c4cc[n-]n4)c4cnccc4-c4ccncc43)ccc2)c2ncccc21.CN1[CH-]N(c2[c-]c(C3(c4cc[n-]n4)c4cnccc4-c4ccncc43)ccc2)c2nccnc21.CN1[CH-]N(c2[c-]c(C3(c4cc[n-]n4)c4cnccc4-c4ccncc43)ccc2)c2nccnc21.[Pt].[Pt].[Pt].[Pt]. The van der Waals surface area contributed by atoms with Crippen LogP contribution in [0.3, 0.4) is 0 Å². The van der Waals surface area contributed by atoms with Gasteiger partial charge < -0.3 is 80.0 Å². The first-order valence-electron chi connectivity index (χ1n) is 43.6. The van der Waals surface area contributed by atoms with Crippen LogP contribution in [-0.2, 0) is 106 Å². The van der Waals surface area contributed by atoms with E-state index in [2.05, 4.69) is 227 Å². The van der Waals surface area contributed by atoms with Gasteiger partial charge in [-0.1, -0.05) is 24.3 Å². The van der Waals surface area contributed by atoms with Crippen LogP contribution in [0.1, 0.15) is 89.5 Å². The fraction of sp³-hybridized carbons (Fsp3) is 0.0755. The van der Waals surface area contributed by atoms with Crippen LogP contribution in [0.15, 0.2) is 331 Å². The molecule has 0 amide bonds. The fourth-order valence-electron chi connectivity index (χ4n) is 20.9. The zero-order valence-electron chi connectivity index (χ0n) is 74.2. The summed E-state index contributed by atoms with van der Waals surface area (Å²) in [4.78, 5) is 79.4. The Bertz CT molecular complexity index is 6880. The molecular formula is C106H70N30Pt4-12. The van der Waals surface area contributed by atoms with Crippen LogP contribution in [0.25, 0.3) is 44.5 Å². The second-order valence-electron chi connectivity index (χ2n) is 33.3. The largest absolute Gasteiger partial charge is 0.581 e. The average molecular weight is 2540 g/mol. The van der Waals surface area contributed by atoms with Crippen LogP contribution in [0.4, 0.5) is 69.0 Å². The van der Waals surface area contributed by atoms with Crippen molar-refractivity contribution >= 4 is 69.0 Å². The predicted octanol–water partition coefficient (Wildman–Crippen LogP) is 15.2. The molecule has 4 aromatic carbocycles. The molecule has 140 heavy (non-hydrogen) atoms. The van der Waals surface area contributed by atoms with Crippen molar-refractivity contribution in [1.29, 1.82) is 0 Å². The summed E-state index contributed by atoms with van der Waals surface area (Å²) in [6, 6.07) is 71.7. The second-order valence-corrected chi connectivity index (χ2v) is 33.3. The predicted molar refractivity (Wildman–Crippen MR) is 509 cm³/mol. The molecule has 0 bridgehead atoms. The van der Waals surface area contributed by atoms with Crippen LogP contribution in [0, 0.1) is 50.9 Å². The standard InChI is InChI=1S/2C27H18N7.2C26H17N8.4Pt/c2*1-33-17-34(26-24(33)6-3-10-30-26)19-5-2-4-18(14-19)27(25-9-13-31-32-25)22-15-28-11-7-20(22)21-8-12-29-16-23(21)27;2*1-33-16-34(25-24(33)29-11-12-30-25)18-4-2-3-17(13-18)26(23-7-10-31-32-23)21-14-27-8-5-19(21)20-6-9-28-15-22(20)26;;;;/h2*2-13,15-17H,1H3;2*2-12,14-16H,1H3;;;;/q4*-3;;;;. The molecule has 20 aromatic rings. The Balaban J connectivity index is 0.000000110. The molecule has 0 N–H and O–H groups in total. The summed E-state index contributed by atoms with van der Waals surface area (Å²) in [7, 11) is 7.96. The van der Waals surface area contributed by atoms with E-state index in [0.29, 0.717) is 0 Å². The second kappa shape index (κ2) is 36.8. The van der Waals surface area contributed by atoms with Crippen molar-refractivity contribution in [2.24, 2.45) is 0 Å². The zero-order chi connectivity index (χ0) is 90.8. The summed E-state index contributed by atoms with van der Waals surface area (Å²) in [6.45, 7) is 7.99. The quantitative estimate of drug-likeness (QED) is 0.103. The topological polar surface area (TPSA) is 314 Å². The third-order valence-electron chi connectivity index (χ3n) is 26.5. The molecule has 4 aliphatic carbocycles. The van der Waals surface area contributed by atoms with E-state index in [4.69, 9.17) is 0 Å².